The molecule has 1 heterocycles. The monoisotopic (exact) mass is 245 g/mol. The zero-order chi connectivity index (χ0) is 13.3. The molecule has 0 unspecified atom stereocenters. The number of hydrogen-bond donors (Lipinski definition) is 2. The number of phenols is 1. The zero-order valence-corrected chi connectivity index (χ0v) is 11.3. The van der Waals surface area contributed by atoms with Crippen LogP contribution in [0.5, 0.6) is 5.75 Å². The molecule has 0 bridgehead atoms. The summed E-state index contributed by atoms with van der Waals surface area (Å²) in [6.07, 6.45) is 1.88. The topological polar surface area (TPSA) is 50.1 Å². The van der Waals surface area contributed by atoms with Crippen LogP contribution in [0.4, 0.5) is 5.69 Å². The highest BCUT2D eigenvalue weighted by Crippen LogP contribution is 2.25. The van der Waals surface area contributed by atoms with E-state index in [4.69, 9.17) is 0 Å². The van der Waals surface area contributed by atoms with Crippen LogP contribution >= 0.6 is 0 Å². The zero-order valence-electron chi connectivity index (χ0n) is 11.3. The summed E-state index contributed by atoms with van der Waals surface area (Å²) in [7, 11) is 1.94. The van der Waals surface area contributed by atoms with Crippen molar-refractivity contribution in [1.82, 2.24) is 9.78 Å². The number of nitrogens with one attached hydrogen (secondary N) is 1. The van der Waals surface area contributed by atoms with Crippen LogP contribution in [-0.4, -0.2) is 14.9 Å². The van der Waals surface area contributed by atoms with Gasteiger partial charge in [-0.15, -0.1) is 0 Å². The average Bonchev–Trinajstić information content (AvgIpc) is 2.63. The van der Waals surface area contributed by atoms with Gasteiger partial charge in [0, 0.05) is 30.5 Å². The first-order chi connectivity index (χ1) is 8.49. The molecule has 0 aliphatic carbocycles. The Morgan fingerprint density at radius 3 is 2.56 bits per heavy atom. The van der Waals surface area contributed by atoms with Gasteiger partial charge >= 0.3 is 0 Å². The Bertz CT molecular complexity index is 573. The third-order valence-electron chi connectivity index (χ3n) is 3.35. The maximum Gasteiger partial charge on any atom is 0.118 e. The molecule has 0 spiro atoms. The van der Waals surface area contributed by atoms with E-state index in [-0.39, 0.29) is 0 Å². The third kappa shape index (κ3) is 2.32. The van der Waals surface area contributed by atoms with Gasteiger partial charge in [-0.1, -0.05) is 0 Å². The maximum absolute atomic E-state index is 9.62. The lowest BCUT2D eigenvalue weighted by Gasteiger charge is -2.11. The third-order valence-corrected chi connectivity index (χ3v) is 3.35. The Balaban J connectivity index is 2.16. The van der Waals surface area contributed by atoms with Gasteiger partial charge in [0.1, 0.15) is 5.75 Å². The van der Waals surface area contributed by atoms with Crippen molar-refractivity contribution in [2.75, 3.05) is 5.32 Å². The van der Waals surface area contributed by atoms with E-state index in [9.17, 15) is 5.11 Å². The first kappa shape index (κ1) is 12.5. The van der Waals surface area contributed by atoms with Crippen molar-refractivity contribution in [3.05, 3.63) is 40.7 Å². The number of aromatic nitrogens is 2. The Hall–Kier alpha value is -1.97. The summed E-state index contributed by atoms with van der Waals surface area (Å²) >= 11 is 0. The van der Waals surface area contributed by atoms with E-state index < -0.39 is 0 Å². The van der Waals surface area contributed by atoms with Crippen LogP contribution in [0.15, 0.2) is 18.3 Å². The van der Waals surface area contributed by atoms with Gasteiger partial charge in [-0.25, -0.2) is 0 Å². The van der Waals surface area contributed by atoms with Crippen LogP contribution in [-0.2, 0) is 13.6 Å². The first-order valence-corrected chi connectivity index (χ1v) is 6.00. The number of benzene rings is 1. The van der Waals surface area contributed by atoms with Crippen LogP contribution in [0.2, 0.25) is 0 Å². The van der Waals surface area contributed by atoms with E-state index in [1.54, 1.807) is 6.07 Å². The molecule has 1 aromatic heterocycles. The van der Waals surface area contributed by atoms with E-state index in [1.807, 2.05) is 37.8 Å². The minimum atomic E-state index is 0.343. The van der Waals surface area contributed by atoms with Crippen molar-refractivity contribution in [3.63, 3.8) is 0 Å². The average molecular weight is 245 g/mol. The predicted molar refractivity (Wildman–Crippen MR) is 72.9 cm³/mol. The van der Waals surface area contributed by atoms with Crippen molar-refractivity contribution >= 4 is 5.69 Å². The fourth-order valence-electron chi connectivity index (χ4n) is 1.90. The Morgan fingerprint density at radius 1 is 1.22 bits per heavy atom. The quantitative estimate of drug-likeness (QED) is 0.817. The van der Waals surface area contributed by atoms with Crippen LogP contribution in [0.1, 0.15) is 22.4 Å². The molecule has 2 aromatic rings. The summed E-state index contributed by atoms with van der Waals surface area (Å²) in [5.74, 6) is 0.343. The summed E-state index contributed by atoms with van der Waals surface area (Å²) < 4.78 is 1.87. The fourth-order valence-corrected chi connectivity index (χ4v) is 1.90. The number of hydrogen-bond acceptors (Lipinski definition) is 3. The van der Waals surface area contributed by atoms with E-state index >= 15 is 0 Å². The molecule has 0 saturated carbocycles. The van der Waals surface area contributed by atoms with Crippen molar-refractivity contribution in [2.24, 2.45) is 7.05 Å². The molecule has 0 aliphatic rings. The highest BCUT2D eigenvalue weighted by Gasteiger charge is 2.06. The van der Waals surface area contributed by atoms with Gasteiger partial charge < -0.3 is 10.4 Å². The summed E-state index contributed by atoms with van der Waals surface area (Å²) in [5, 5.41) is 17.2. The lowest BCUT2D eigenvalue weighted by atomic mass is 10.1. The highest BCUT2D eigenvalue weighted by molar-refractivity contribution is 5.56. The molecule has 4 nitrogen and oxygen atoms in total. The number of nitrogens with zero attached hydrogens (tertiary/aromatic N) is 2. The lowest BCUT2D eigenvalue weighted by Crippen LogP contribution is -2.03. The largest absolute Gasteiger partial charge is 0.508 e. The SMILES string of the molecule is Cc1cc(NCc2cnn(C)c2C)c(C)cc1O. The second kappa shape index (κ2) is 4.72. The second-order valence-electron chi connectivity index (χ2n) is 4.69. The first-order valence-electron chi connectivity index (χ1n) is 6.00. The molecule has 4 heteroatoms. The molecular weight excluding hydrogens is 226 g/mol. The molecule has 2 N–H and O–H groups in total. The fraction of sp³-hybridized carbons (Fsp3) is 0.357. The van der Waals surface area contributed by atoms with Gasteiger partial charge in [-0.05, 0) is 44.0 Å². The Morgan fingerprint density at radius 2 is 1.94 bits per heavy atom. The van der Waals surface area contributed by atoms with Gasteiger partial charge in [0.15, 0.2) is 0 Å². The smallest absolute Gasteiger partial charge is 0.118 e. The van der Waals surface area contributed by atoms with Gasteiger partial charge in [0.25, 0.3) is 0 Å². The van der Waals surface area contributed by atoms with Gasteiger partial charge in [0.05, 0.1) is 6.20 Å². The summed E-state index contributed by atoms with van der Waals surface area (Å²) in [5.41, 5.74) is 5.32. The van der Waals surface area contributed by atoms with Crippen LogP contribution < -0.4 is 5.32 Å². The minimum absolute atomic E-state index is 0.343. The number of aromatic hydroxyl groups is 1. The molecule has 1 aromatic carbocycles. The summed E-state index contributed by atoms with van der Waals surface area (Å²) in [6.45, 7) is 6.68. The lowest BCUT2D eigenvalue weighted by molar-refractivity contribution is 0.471. The van der Waals surface area contributed by atoms with Crippen LogP contribution in [0.25, 0.3) is 0 Å². The Labute approximate surface area is 107 Å². The van der Waals surface area contributed by atoms with Crippen molar-refractivity contribution < 1.29 is 5.11 Å². The second-order valence-corrected chi connectivity index (χ2v) is 4.69. The van der Waals surface area contributed by atoms with E-state index in [0.29, 0.717) is 5.75 Å². The van der Waals surface area contributed by atoms with E-state index in [2.05, 4.69) is 17.3 Å². The molecule has 2 rings (SSSR count). The van der Waals surface area contributed by atoms with Gasteiger partial charge in [-0.3, -0.25) is 4.68 Å². The van der Waals surface area contributed by atoms with Gasteiger partial charge in [-0.2, -0.15) is 5.10 Å². The molecule has 0 radical (unpaired) electrons. The van der Waals surface area contributed by atoms with Crippen molar-refractivity contribution in [3.8, 4) is 5.75 Å². The van der Waals surface area contributed by atoms with Crippen LogP contribution in [0.3, 0.4) is 0 Å². The molecule has 0 atom stereocenters. The Kier molecular flexibility index (Phi) is 3.28. The number of phenolic OH excluding ortho intramolecular Hbond substituents is 1. The summed E-state index contributed by atoms with van der Waals surface area (Å²) in [6, 6.07) is 3.75. The molecule has 0 fully saturated rings. The summed E-state index contributed by atoms with van der Waals surface area (Å²) in [4.78, 5) is 0. The molecular formula is C14H19N3O. The molecule has 18 heavy (non-hydrogen) atoms. The van der Waals surface area contributed by atoms with E-state index in [1.165, 1.54) is 5.56 Å². The highest BCUT2D eigenvalue weighted by atomic mass is 16.3. The predicted octanol–water partition coefficient (Wildman–Crippen LogP) is 2.66. The van der Waals surface area contributed by atoms with Gasteiger partial charge in [0.2, 0.25) is 0 Å². The normalized spacial score (nSPS) is 10.7. The van der Waals surface area contributed by atoms with Crippen molar-refractivity contribution in [2.45, 2.75) is 27.3 Å². The molecule has 96 valence electrons. The van der Waals surface area contributed by atoms with Crippen LogP contribution in [0, 0.1) is 20.8 Å². The standard InChI is InChI=1S/C14H19N3O/c1-9-6-14(18)10(2)5-13(9)15-7-12-8-16-17(4)11(12)3/h5-6,8,15,18H,7H2,1-4H3. The number of anilines is 1. The van der Waals surface area contributed by atoms with Crippen molar-refractivity contribution in [1.29, 1.82) is 0 Å². The number of rotatable bonds is 3. The molecule has 0 amide bonds. The van der Waals surface area contributed by atoms with E-state index in [0.717, 1.165) is 29.1 Å². The molecule has 0 saturated heterocycles. The maximum atomic E-state index is 9.62. The molecule has 0 aliphatic heterocycles. The number of aryl methyl sites for hydroxylation is 3. The minimum Gasteiger partial charge on any atom is -0.508 e.